The second-order valence-corrected chi connectivity index (χ2v) is 3.84. The average molecular weight is 253 g/mol. The zero-order valence-electron chi connectivity index (χ0n) is 8.72. The molecule has 2 rings (SSSR count). The Hall–Kier alpha value is -2.01. The smallest absolute Gasteiger partial charge is 0.293 e. The van der Waals surface area contributed by atoms with Crippen LogP contribution in [0.3, 0.4) is 0 Å². The first-order valence-electron chi connectivity index (χ1n) is 4.85. The van der Waals surface area contributed by atoms with E-state index in [1.54, 1.807) is 30.7 Å². The molecule has 88 valence electrons. The zero-order valence-corrected chi connectivity index (χ0v) is 9.48. The molecule has 1 N–H and O–H groups in total. The number of hydrogen-bond acceptors (Lipinski definition) is 4. The van der Waals surface area contributed by atoms with Gasteiger partial charge in [0, 0.05) is 23.2 Å². The van der Waals surface area contributed by atoms with Crippen LogP contribution >= 0.6 is 11.6 Å². The highest BCUT2D eigenvalue weighted by Crippen LogP contribution is 2.28. The second kappa shape index (κ2) is 4.88. The van der Waals surface area contributed by atoms with Gasteiger partial charge in [-0.1, -0.05) is 11.6 Å². The van der Waals surface area contributed by atoms with Crippen molar-refractivity contribution in [3.63, 3.8) is 0 Å². The van der Waals surface area contributed by atoms with Crippen LogP contribution < -0.4 is 5.32 Å². The Labute approximate surface area is 102 Å². The lowest BCUT2D eigenvalue weighted by molar-refractivity contribution is -0.383. The fraction of sp³-hybridized carbons (Fsp3) is 0.0909. The molecule has 0 aliphatic rings. The minimum atomic E-state index is -0.469. The second-order valence-electron chi connectivity index (χ2n) is 3.40. The van der Waals surface area contributed by atoms with Crippen LogP contribution in [0, 0.1) is 10.1 Å². The van der Waals surface area contributed by atoms with Gasteiger partial charge in [0.2, 0.25) is 0 Å². The first kappa shape index (κ1) is 11.5. The Morgan fingerprint density at radius 1 is 1.41 bits per heavy atom. The summed E-state index contributed by atoms with van der Waals surface area (Å²) in [5.41, 5.74) is 1.30. The minimum Gasteiger partial charge on any atom is -0.472 e. The zero-order chi connectivity index (χ0) is 12.3. The third-order valence-corrected chi connectivity index (χ3v) is 2.45. The van der Waals surface area contributed by atoms with Crippen molar-refractivity contribution in [3.8, 4) is 0 Å². The molecule has 1 aromatic carbocycles. The molecule has 1 aromatic heterocycles. The third-order valence-electron chi connectivity index (χ3n) is 2.22. The first-order valence-corrected chi connectivity index (χ1v) is 5.23. The van der Waals surface area contributed by atoms with Crippen LogP contribution in [0.4, 0.5) is 11.4 Å². The van der Waals surface area contributed by atoms with Crippen LogP contribution in [-0.2, 0) is 6.54 Å². The van der Waals surface area contributed by atoms with Crippen LogP contribution in [0.15, 0.2) is 41.2 Å². The lowest BCUT2D eigenvalue weighted by Gasteiger charge is -2.05. The first-order chi connectivity index (χ1) is 8.16. The van der Waals surface area contributed by atoms with Crippen LogP contribution in [-0.4, -0.2) is 4.92 Å². The summed E-state index contributed by atoms with van der Waals surface area (Å²) in [6.45, 7) is 0.457. The summed E-state index contributed by atoms with van der Waals surface area (Å²) in [5.74, 6) is 0. The normalized spacial score (nSPS) is 10.2. The van der Waals surface area contributed by atoms with Crippen molar-refractivity contribution in [1.82, 2.24) is 0 Å². The van der Waals surface area contributed by atoms with E-state index in [0.29, 0.717) is 17.3 Å². The molecular formula is C11H9ClN2O3. The third kappa shape index (κ3) is 2.76. The van der Waals surface area contributed by atoms with Gasteiger partial charge in [-0.05, 0) is 18.2 Å². The minimum absolute atomic E-state index is 0.0407. The fourth-order valence-corrected chi connectivity index (χ4v) is 1.56. The molecule has 0 saturated carbocycles. The highest BCUT2D eigenvalue weighted by Gasteiger charge is 2.13. The quantitative estimate of drug-likeness (QED) is 0.668. The predicted molar refractivity (Wildman–Crippen MR) is 64.1 cm³/mol. The molecule has 0 aliphatic heterocycles. The fourth-order valence-electron chi connectivity index (χ4n) is 1.40. The topological polar surface area (TPSA) is 68.3 Å². The number of nitro groups is 1. The monoisotopic (exact) mass is 252 g/mol. The number of hydrogen-bond donors (Lipinski definition) is 1. The van der Waals surface area contributed by atoms with Crippen molar-refractivity contribution in [2.45, 2.75) is 6.54 Å². The number of halogens is 1. The van der Waals surface area contributed by atoms with E-state index in [4.69, 9.17) is 16.0 Å². The number of rotatable bonds is 4. The lowest BCUT2D eigenvalue weighted by Crippen LogP contribution is -2.01. The lowest BCUT2D eigenvalue weighted by atomic mass is 10.2. The summed E-state index contributed by atoms with van der Waals surface area (Å²) in [7, 11) is 0. The maximum atomic E-state index is 10.8. The van der Waals surface area contributed by atoms with Gasteiger partial charge in [-0.2, -0.15) is 0 Å². The summed E-state index contributed by atoms with van der Waals surface area (Å²) in [6.07, 6.45) is 3.13. The molecule has 0 unspecified atom stereocenters. The van der Waals surface area contributed by atoms with E-state index in [1.807, 2.05) is 0 Å². The van der Waals surface area contributed by atoms with Crippen molar-refractivity contribution >= 4 is 23.0 Å². The molecule has 1 heterocycles. The molecule has 0 fully saturated rings. The van der Waals surface area contributed by atoms with Gasteiger partial charge in [0.15, 0.2) is 0 Å². The molecule has 0 bridgehead atoms. The average Bonchev–Trinajstić information content (AvgIpc) is 2.80. The Morgan fingerprint density at radius 3 is 2.88 bits per heavy atom. The molecule has 0 amide bonds. The summed E-state index contributed by atoms with van der Waals surface area (Å²) in [6, 6.07) is 6.29. The van der Waals surface area contributed by atoms with Crippen LogP contribution in [0.5, 0.6) is 0 Å². The van der Waals surface area contributed by atoms with Gasteiger partial charge in [0.05, 0.1) is 17.4 Å². The van der Waals surface area contributed by atoms with Gasteiger partial charge in [-0.3, -0.25) is 10.1 Å². The van der Waals surface area contributed by atoms with Crippen LogP contribution in [0.2, 0.25) is 5.02 Å². The number of benzene rings is 1. The molecule has 0 radical (unpaired) electrons. The van der Waals surface area contributed by atoms with Gasteiger partial charge in [0.1, 0.15) is 5.69 Å². The standard InChI is InChI=1S/C11H9ClN2O3/c12-9-1-2-10(11(5-9)14(15)16)13-6-8-3-4-17-7-8/h1-5,7,13H,6H2. The molecule has 0 atom stereocenters. The van der Waals surface area contributed by atoms with E-state index in [1.165, 1.54) is 6.07 Å². The molecule has 6 heteroatoms. The summed E-state index contributed by atoms with van der Waals surface area (Å²) in [4.78, 5) is 10.4. The summed E-state index contributed by atoms with van der Waals surface area (Å²) in [5, 5.41) is 14.1. The maximum Gasteiger partial charge on any atom is 0.293 e. The van der Waals surface area contributed by atoms with Crippen molar-refractivity contribution in [2.75, 3.05) is 5.32 Å². The molecule has 5 nitrogen and oxygen atoms in total. The van der Waals surface area contributed by atoms with Gasteiger partial charge in [-0.15, -0.1) is 0 Å². The molecule has 0 saturated heterocycles. The van der Waals surface area contributed by atoms with Crippen molar-refractivity contribution in [2.24, 2.45) is 0 Å². The van der Waals surface area contributed by atoms with Gasteiger partial charge in [0.25, 0.3) is 5.69 Å². The Kier molecular flexibility index (Phi) is 3.30. The van der Waals surface area contributed by atoms with E-state index in [9.17, 15) is 10.1 Å². The van der Waals surface area contributed by atoms with Gasteiger partial charge >= 0.3 is 0 Å². The Bertz CT molecular complexity index is 526. The van der Waals surface area contributed by atoms with Gasteiger partial charge < -0.3 is 9.73 Å². The molecule has 0 spiro atoms. The van der Waals surface area contributed by atoms with Crippen LogP contribution in [0.1, 0.15) is 5.56 Å². The number of nitrogens with zero attached hydrogens (tertiary/aromatic N) is 1. The molecular weight excluding hydrogens is 244 g/mol. The van der Waals surface area contributed by atoms with Crippen molar-refractivity contribution in [3.05, 3.63) is 57.5 Å². The van der Waals surface area contributed by atoms with E-state index in [0.717, 1.165) is 5.56 Å². The number of nitro benzene ring substituents is 1. The van der Waals surface area contributed by atoms with E-state index in [-0.39, 0.29) is 5.69 Å². The van der Waals surface area contributed by atoms with E-state index in [2.05, 4.69) is 5.32 Å². The predicted octanol–water partition coefficient (Wildman–Crippen LogP) is 3.45. The largest absolute Gasteiger partial charge is 0.472 e. The molecule has 17 heavy (non-hydrogen) atoms. The Balaban J connectivity index is 2.17. The highest BCUT2D eigenvalue weighted by molar-refractivity contribution is 6.30. The maximum absolute atomic E-state index is 10.8. The molecule has 2 aromatic rings. The number of anilines is 1. The van der Waals surface area contributed by atoms with E-state index >= 15 is 0 Å². The summed E-state index contributed by atoms with van der Waals surface area (Å²) >= 11 is 5.71. The van der Waals surface area contributed by atoms with Crippen molar-refractivity contribution in [1.29, 1.82) is 0 Å². The molecule has 0 aliphatic carbocycles. The van der Waals surface area contributed by atoms with Gasteiger partial charge in [-0.25, -0.2) is 0 Å². The van der Waals surface area contributed by atoms with E-state index < -0.39 is 4.92 Å². The summed E-state index contributed by atoms with van der Waals surface area (Å²) < 4.78 is 4.90. The highest BCUT2D eigenvalue weighted by atomic mass is 35.5. The van der Waals surface area contributed by atoms with Crippen LogP contribution in [0.25, 0.3) is 0 Å². The number of furan rings is 1. The Morgan fingerprint density at radius 2 is 2.24 bits per heavy atom. The van der Waals surface area contributed by atoms with Crippen molar-refractivity contribution < 1.29 is 9.34 Å². The SMILES string of the molecule is O=[N+]([O-])c1cc(Cl)ccc1NCc1ccoc1. The number of nitrogens with one attached hydrogen (secondary N) is 1.